The first-order valence-electron chi connectivity index (χ1n) is 15.4. The Kier molecular flexibility index (Phi) is 19.8. The number of aliphatic hydroxyl groups excluding tert-OH is 1. The number of rotatable bonds is 24. The molecular formula is C33H56O5. The lowest BCUT2D eigenvalue weighted by molar-refractivity contribution is -0.155. The maximum Gasteiger partial charge on any atom is 0.317 e. The molecule has 0 unspecified atom stereocenters. The van der Waals surface area contributed by atoms with Gasteiger partial charge in [0.15, 0.2) is 0 Å². The Morgan fingerprint density at radius 1 is 0.737 bits per heavy atom. The summed E-state index contributed by atoms with van der Waals surface area (Å²) < 4.78 is 10.5. The van der Waals surface area contributed by atoms with Crippen LogP contribution in [0.4, 0.5) is 0 Å². The van der Waals surface area contributed by atoms with Gasteiger partial charge in [-0.25, -0.2) is 0 Å². The second-order valence-electron chi connectivity index (χ2n) is 11.4. The van der Waals surface area contributed by atoms with E-state index in [2.05, 4.69) is 20.8 Å². The second kappa shape index (κ2) is 22.0. The van der Waals surface area contributed by atoms with Gasteiger partial charge in [-0.1, -0.05) is 141 Å². The molecule has 38 heavy (non-hydrogen) atoms. The standard InChI is InChI=1S/C33H56O5/c1-4-5-6-7-8-9-10-11-12-13-14-15-16-17-18-19-25-37-31(35)27-32(36)38-28-29-21-20-22-30(26-29)33(2,3)23-24-34/h20-22,26,34H,4-19,23-25,27-28H2,1-3H3. The minimum absolute atomic E-state index is 0.119. The predicted octanol–water partition coefficient (Wildman–Crippen LogP) is 8.58. The van der Waals surface area contributed by atoms with Crippen LogP contribution in [0, 0.1) is 0 Å². The Morgan fingerprint density at radius 3 is 1.76 bits per heavy atom. The molecular weight excluding hydrogens is 476 g/mol. The van der Waals surface area contributed by atoms with Crippen LogP contribution in [0.25, 0.3) is 0 Å². The number of unbranched alkanes of at least 4 members (excludes halogenated alkanes) is 15. The SMILES string of the molecule is CCCCCCCCCCCCCCCCCCOC(=O)CC(=O)OCc1cccc(C(C)(C)CCO)c1. The number of aliphatic hydroxyl groups is 1. The van der Waals surface area contributed by atoms with Crippen molar-refractivity contribution in [3.63, 3.8) is 0 Å². The molecule has 1 aromatic carbocycles. The van der Waals surface area contributed by atoms with E-state index in [4.69, 9.17) is 9.47 Å². The zero-order chi connectivity index (χ0) is 27.9. The summed E-state index contributed by atoms with van der Waals surface area (Å²) in [6, 6.07) is 7.81. The van der Waals surface area contributed by atoms with E-state index in [0.29, 0.717) is 13.0 Å². The van der Waals surface area contributed by atoms with Crippen molar-refractivity contribution in [1.82, 2.24) is 0 Å². The first-order valence-corrected chi connectivity index (χ1v) is 15.4. The van der Waals surface area contributed by atoms with Crippen LogP contribution in [-0.2, 0) is 31.1 Å². The summed E-state index contributed by atoms with van der Waals surface area (Å²) in [6.45, 7) is 7.02. The van der Waals surface area contributed by atoms with E-state index in [-0.39, 0.29) is 25.0 Å². The van der Waals surface area contributed by atoms with Crippen molar-refractivity contribution in [3.05, 3.63) is 35.4 Å². The summed E-state index contributed by atoms with van der Waals surface area (Å²) in [4.78, 5) is 24.0. The van der Waals surface area contributed by atoms with Crippen molar-refractivity contribution in [2.45, 2.75) is 148 Å². The van der Waals surface area contributed by atoms with Crippen LogP contribution in [0.5, 0.6) is 0 Å². The number of carbonyl (C=O) groups is 2. The van der Waals surface area contributed by atoms with Gasteiger partial charge in [0.05, 0.1) is 6.61 Å². The molecule has 0 radical (unpaired) electrons. The lowest BCUT2D eigenvalue weighted by Crippen LogP contribution is -2.19. The van der Waals surface area contributed by atoms with Gasteiger partial charge < -0.3 is 14.6 Å². The lowest BCUT2D eigenvalue weighted by atomic mass is 9.81. The average Bonchev–Trinajstić information content (AvgIpc) is 2.89. The molecule has 0 saturated heterocycles. The summed E-state index contributed by atoms with van der Waals surface area (Å²) in [7, 11) is 0. The van der Waals surface area contributed by atoms with E-state index in [1.54, 1.807) is 0 Å². The van der Waals surface area contributed by atoms with Crippen LogP contribution < -0.4 is 0 Å². The van der Waals surface area contributed by atoms with Crippen LogP contribution in [0.2, 0.25) is 0 Å². The minimum Gasteiger partial charge on any atom is -0.465 e. The van der Waals surface area contributed by atoms with Gasteiger partial charge >= 0.3 is 11.9 Å². The second-order valence-corrected chi connectivity index (χ2v) is 11.4. The van der Waals surface area contributed by atoms with Gasteiger partial charge in [-0.05, 0) is 29.4 Å². The zero-order valence-corrected chi connectivity index (χ0v) is 24.7. The Labute approximate surface area is 233 Å². The Bertz CT molecular complexity index is 743. The highest BCUT2D eigenvalue weighted by atomic mass is 16.6. The quantitative estimate of drug-likeness (QED) is 0.0820. The monoisotopic (exact) mass is 532 g/mol. The largest absolute Gasteiger partial charge is 0.465 e. The third kappa shape index (κ3) is 17.6. The minimum atomic E-state index is -0.568. The highest BCUT2D eigenvalue weighted by Crippen LogP contribution is 2.27. The number of hydrogen-bond donors (Lipinski definition) is 1. The normalized spacial score (nSPS) is 11.5. The van der Waals surface area contributed by atoms with E-state index in [1.807, 2.05) is 24.3 Å². The molecule has 5 heteroatoms. The lowest BCUT2D eigenvalue weighted by Gasteiger charge is -2.24. The molecule has 0 heterocycles. The van der Waals surface area contributed by atoms with Gasteiger partial charge in [0.25, 0.3) is 0 Å². The molecule has 1 aromatic rings. The summed E-state index contributed by atoms with van der Waals surface area (Å²) in [5.74, 6) is -1.09. The van der Waals surface area contributed by atoms with Gasteiger partial charge in [0.2, 0.25) is 0 Å². The van der Waals surface area contributed by atoms with Gasteiger partial charge in [0.1, 0.15) is 13.0 Å². The maximum atomic E-state index is 12.0. The van der Waals surface area contributed by atoms with E-state index in [0.717, 1.165) is 24.0 Å². The first-order chi connectivity index (χ1) is 18.4. The molecule has 1 rings (SSSR count). The zero-order valence-electron chi connectivity index (χ0n) is 24.7. The number of benzene rings is 1. The van der Waals surface area contributed by atoms with Crippen molar-refractivity contribution in [3.8, 4) is 0 Å². The van der Waals surface area contributed by atoms with Crippen molar-refractivity contribution in [2.24, 2.45) is 0 Å². The Hall–Kier alpha value is -1.88. The Morgan fingerprint density at radius 2 is 1.24 bits per heavy atom. The fraction of sp³-hybridized carbons (Fsp3) is 0.758. The van der Waals surface area contributed by atoms with Gasteiger partial charge in [-0.15, -0.1) is 0 Å². The molecule has 0 fully saturated rings. The summed E-state index contributed by atoms with van der Waals surface area (Å²) >= 11 is 0. The molecule has 0 spiro atoms. The molecule has 0 aliphatic carbocycles. The Balaban J connectivity index is 1.98. The third-order valence-electron chi connectivity index (χ3n) is 7.39. The van der Waals surface area contributed by atoms with E-state index >= 15 is 0 Å². The van der Waals surface area contributed by atoms with Gasteiger partial charge in [-0.3, -0.25) is 9.59 Å². The molecule has 0 saturated carbocycles. The molecule has 1 N–H and O–H groups in total. The van der Waals surface area contributed by atoms with Crippen molar-refractivity contribution in [2.75, 3.05) is 13.2 Å². The predicted molar refractivity (Wildman–Crippen MR) is 156 cm³/mol. The smallest absolute Gasteiger partial charge is 0.317 e. The van der Waals surface area contributed by atoms with Gasteiger partial charge in [-0.2, -0.15) is 0 Å². The van der Waals surface area contributed by atoms with Crippen LogP contribution in [0.3, 0.4) is 0 Å². The van der Waals surface area contributed by atoms with Crippen LogP contribution in [-0.4, -0.2) is 30.3 Å². The molecule has 0 bridgehead atoms. The summed E-state index contributed by atoms with van der Waals surface area (Å²) in [5, 5.41) is 9.27. The number of ether oxygens (including phenoxy) is 2. The summed E-state index contributed by atoms with van der Waals surface area (Å²) in [5.41, 5.74) is 1.78. The van der Waals surface area contributed by atoms with Crippen molar-refractivity contribution < 1.29 is 24.2 Å². The maximum absolute atomic E-state index is 12.0. The van der Waals surface area contributed by atoms with Crippen LogP contribution in [0.15, 0.2) is 24.3 Å². The fourth-order valence-electron chi connectivity index (χ4n) is 4.73. The molecule has 0 aliphatic rings. The highest BCUT2D eigenvalue weighted by Gasteiger charge is 2.20. The average molecular weight is 533 g/mol. The molecule has 5 nitrogen and oxygen atoms in total. The summed E-state index contributed by atoms with van der Waals surface area (Å²) in [6.07, 6.45) is 21.2. The van der Waals surface area contributed by atoms with Crippen LogP contribution >= 0.6 is 0 Å². The number of hydrogen-bond acceptors (Lipinski definition) is 5. The number of carbonyl (C=O) groups excluding carboxylic acids is 2. The van der Waals surface area contributed by atoms with E-state index in [9.17, 15) is 14.7 Å². The molecule has 0 aliphatic heterocycles. The molecule has 0 aromatic heterocycles. The molecule has 0 amide bonds. The fourth-order valence-corrected chi connectivity index (χ4v) is 4.73. The third-order valence-corrected chi connectivity index (χ3v) is 7.39. The topological polar surface area (TPSA) is 72.8 Å². The van der Waals surface area contributed by atoms with E-state index < -0.39 is 11.9 Å². The molecule has 218 valence electrons. The van der Waals surface area contributed by atoms with Gasteiger partial charge in [0, 0.05) is 6.61 Å². The molecule has 0 atom stereocenters. The first kappa shape index (κ1) is 34.1. The number of esters is 2. The van der Waals surface area contributed by atoms with Crippen LogP contribution in [0.1, 0.15) is 147 Å². The van der Waals surface area contributed by atoms with Crippen molar-refractivity contribution in [1.29, 1.82) is 0 Å². The highest BCUT2D eigenvalue weighted by molar-refractivity contribution is 5.91. The van der Waals surface area contributed by atoms with Crippen molar-refractivity contribution >= 4 is 11.9 Å². The van der Waals surface area contributed by atoms with E-state index in [1.165, 1.54) is 89.9 Å².